The summed E-state index contributed by atoms with van der Waals surface area (Å²) in [6, 6.07) is 18.2. The second-order valence-electron chi connectivity index (χ2n) is 6.93. The largest absolute Gasteiger partial charge is 0.489 e. The molecule has 0 bridgehead atoms. The number of imidazole rings is 1. The lowest BCUT2D eigenvalue weighted by molar-refractivity contribution is -0.347. The van der Waals surface area contributed by atoms with Gasteiger partial charge in [0.05, 0.1) is 13.2 Å². The lowest BCUT2D eigenvalue weighted by atomic mass is 10.1. The van der Waals surface area contributed by atoms with E-state index in [0.717, 1.165) is 46.8 Å². The number of ether oxygens (including phenoxy) is 2. The first-order valence-corrected chi connectivity index (χ1v) is 9.73. The summed E-state index contributed by atoms with van der Waals surface area (Å²) in [5.74, 6) is 1.52. The number of anilines is 1. The Kier molecular flexibility index (Phi) is 4.80. The molecule has 0 radical (unpaired) electrons. The highest BCUT2D eigenvalue weighted by molar-refractivity contribution is 5.86. The molecule has 0 amide bonds. The molecule has 0 unspecified atom stereocenters. The van der Waals surface area contributed by atoms with Gasteiger partial charge in [0.2, 0.25) is 0 Å². The van der Waals surface area contributed by atoms with E-state index in [-0.39, 0.29) is 0 Å². The third-order valence-corrected chi connectivity index (χ3v) is 4.97. The summed E-state index contributed by atoms with van der Waals surface area (Å²) in [6.45, 7) is 3.48. The maximum atomic E-state index is 6.01. The maximum absolute atomic E-state index is 6.01. The molecule has 29 heavy (non-hydrogen) atoms. The van der Waals surface area contributed by atoms with Crippen molar-refractivity contribution in [3.05, 3.63) is 66.5 Å². The SMILES string of the molecule is c1ccc(COc2cccc(-c3nc(N4CCOCC4)nc4[nH+]c[nH]c34)c2)cc1. The van der Waals surface area contributed by atoms with Gasteiger partial charge in [-0.05, 0) is 17.7 Å². The van der Waals surface area contributed by atoms with Crippen molar-refractivity contribution in [3.8, 4) is 17.0 Å². The van der Waals surface area contributed by atoms with E-state index in [0.29, 0.717) is 25.8 Å². The van der Waals surface area contributed by atoms with E-state index < -0.39 is 0 Å². The number of hydrogen-bond donors (Lipinski definition) is 1. The van der Waals surface area contributed by atoms with Crippen LogP contribution in [0, 0.1) is 0 Å². The van der Waals surface area contributed by atoms with Crippen LogP contribution >= 0.6 is 0 Å². The first-order valence-electron chi connectivity index (χ1n) is 9.73. The molecule has 5 rings (SSSR count). The van der Waals surface area contributed by atoms with Crippen molar-refractivity contribution < 1.29 is 14.5 Å². The first-order chi connectivity index (χ1) is 14.4. The zero-order valence-corrected chi connectivity index (χ0v) is 16.0. The topological polar surface area (TPSA) is 77.4 Å². The number of aromatic amines is 2. The lowest BCUT2D eigenvalue weighted by Crippen LogP contribution is -2.37. The van der Waals surface area contributed by atoms with Crippen LogP contribution in [-0.4, -0.2) is 41.3 Å². The Hall–Kier alpha value is -3.45. The van der Waals surface area contributed by atoms with Gasteiger partial charge < -0.3 is 14.4 Å². The normalized spacial score (nSPS) is 14.3. The Balaban J connectivity index is 1.47. The van der Waals surface area contributed by atoms with Gasteiger partial charge in [-0.2, -0.15) is 4.98 Å². The van der Waals surface area contributed by atoms with Gasteiger partial charge in [0.1, 0.15) is 18.1 Å². The number of benzene rings is 2. The van der Waals surface area contributed by atoms with Crippen molar-refractivity contribution in [3.63, 3.8) is 0 Å². The number of hydrogen-bond acceptors (Lipinski definition) is 5. The summed E-state index contributed by atoms with van der Waals surface area (Å²) >= 11 is 0. The summed E-state index contributed by atoms with van der Waals surface area (Å²) in [5, 5.41) is 0. The molecule has 0 atom stereocenters. The quantitative estimate of drug-likeness (QED) is 0.569. The fraction of sp³-hybridized carbons (Fsp3) is 0.227. The number of fused-ring (bicyclic) bond motifs is 1. The number of rotatable bonds is 5. The minimum absolute atomic E-state index is 0.527. The van der Waals surface area contributed by atoms with Gasteiger partial charge in [-0.1, -0.05) is 47.4 Å². The predicted octanol–water partition coefficient (Wildman–Crippen LogP) is 2.85. The highest BCUT2D eigenvalue weighted by Gasteiger charge is 2.22. The van der Waals surface area contributed by atoms with Gasteiger partial charge >= 0.3 is 11.6 Å². The van der Waals surface area contributed by atoms with Gasteiger partial charge in [-0.25, -0.2) is 4.98 Å². The molecule has 2 aromatic carbocycles. The third-order valence-electron chi connectivity index (χ3n) is 4.97. The summed E-state index contributed by atoms with van der Waals surface area (Å²) in [6.07, 6.45) is 1.78. The molecule has 1 aliphatic rings. The van der Waals surface area contributed by atoms with Crippen LogP contribution in [0.5, 0.6) is 5.75 Å². The Morgan fingerprint density at radius 1 is 1.03 bits per heavy atom. The second-order valence-corrected chi connectivity index (χ2v) is 6.93. The molecule has 0 saturated carbocycles. The van der Waals surface area contributed by atoms with Crippen LogP contribution < -0.4 is 14.6 Å². The van der Waals surface area contributed by atoms with Gasteiger partial charge in [-0.15, -0.1) is 0 Å². The fourth-order valence-corrected chi connectivity index (χ4v) is 3.45. The Morgan fingerprint density at radius 3 is 2.76 bits per heavy atom. The van der Waals surface area contributed by atoms with Crippen molar-refractivity contribution in [2.75, 3.05) is 31.2 Å². The van der Waals surface area contributed by atoms with Crippen LogP contribution in [0.2, 0.25) is 0 Å². The van der Waals surface area contributed by atoms with Gasteiger partial charge in [-0.3, -0.25) is 4.98 Å². The Labute approximate surface area is 168 Å². The molecule has 1 saturated heterocycles. The predicted molar refractivity (Wildman–Crippen MR) is 110 cm³/mol. The van der Waals surface area contributed by atoms with E-state index >= 15 is 0 Å². The number of H-pyrrole nitrogens is 2. The van der Waals surface area contributed by atoms with Crippen molar-refractivity contribution in [2.24, 2.45) is 0 Å². The number of nitrogens with one attached hydrogen (secondary N) is 2. The molecule has 7 heteroatoms. The van der Waals surface area contributed by atoms with Crippen LogP contribution in [0.25, 0.3) is 22.4 Å². The molecular formula is C22H22N5O2+. The number of nitrogens with zero attached hydrogens (tertiary/aromatic N) is 3. The summed E-state index contributed by atoms with van der Waals surface area (Å²) in [7, 11) is 0. The minimum Gasteiger partial charge on any atom is -0.489 e. The molecule has 146 valence electrons. The third kappa shape index (κ3) is 3.77. The smallest absolute Gasteiger partial charge is 0.305 e. The Morgan fingerprint density at radius 2 is 1.90 bits per heavy atom. The van der Waals surface area contributed by atoms with Gasteiger partial charge in [0.15, 0.2) is 11.8 Å². The monoisotopic (exact) mass is 388 g/mol. The average molecular weight is 388 g/mol. The van der Waals surface area contributed by atoms with E-state index in [9.17, 15) is 0 Å². The summed E-state index contributed by atoms with van der Waals surface area (Å²) in [4.78, 5) is 18.1. The number of morpholine rings is 1. The molecule has 1 aliphatic heterocycles. The summed E-state index contributed by atoms with van der Waals surface area (Å²) < 4.78 is 11.5. The molecule has 0 spiro atoms. The fourth-order valence-electron chi connectivity index (χ4n) is 3.45. The molecule has 2 aromatic heterocycles. The molecule has 3 heterocycles. The molecule has 4 aromatic rings. The molecule has 0 aliphatic carbocycles. The Bertz CT molecular complexity index is 1110. The van der Waals surface area contributed by atoms with Crippen LogP contribution in [-0.2, 0) is 11.3 Å². The standard InChI is InChI=1S/C22H21N5O2/c1-2-5-16(6-3-1)14-29-18-8-4-7-17(13-18)19-20-21(24-15-23-20)26-22(25-19)27-9-11-28-12-10-27/h1-8,13,15H,9-12,14H2,(H,23,24,25,26)/p+1. The molecule has 1 fully saturated rings. The maximum Gasteiger partial charge on any atom is 0.305 e. The molecule has 2 N–H and O–H groups in total. The van der Waals surface area contributed by atoms with Crippen molar-refractivity contribution in [2.45, 2.75) is 6.61 Å². The first kappa shape index (κ1) is 17.6. The van der Waals surface area contributed by atoms with E-state index in [4.69, 9.17) is 14.5 Å². The van der Waals surface area contributed by atoms with Crippen molar-refractivity contribution in [1.82, 2.24) is 15.0 Å². The van der Waals surface area contributed by atoms with Gasteiger partial charge in [0, 0.05) is 18.7 Å². The van der Waals surface area contributed by atoms with Crippen LogP contribution in [0.4, 0.5) is 5.95 Å². The van der Waals surface area contributed by atoms with Crippen LogP contribution in [0.15, 0.2) is 60.9 Å². The minimum atomic E-state index is 0.527. The highest BCUT2D eigenvalue weighted by atomic mass is 16.5. The average Bonchev–Trinajstić information content (AvgIpc) is 3.27. The second kappa shape index (κ2) is 7.89. The van der Waals surface area contributed by atoms with E-state index in [1.54, 1.807) is 6.33 Å². The molecule has 7 nitrogen and oxygen atoms in total. The van der Waals surface area contributed by atoms with Crippen molar-refractivity contribution >= 4 is 17.1 Å². The summed E-state index contributed by atoms with van der Waals surface area (Å²) in [5.41, 5.74) is 4.63. The van der Waals surface area contributed by atoms with Crippen LogP contribution in [0.3, 0.4) is 0 Å². The number of aromatic nitrogens is 4. The highest BCUT2D eigenvalue weighted by Crippen LogP contribution is 2.28. The van der Waals surface area contributed by atoms with Crippen molar-refractivity contribution in [1.29, 1.82) is 0 Å². The van der Waals surface area contributed by atoms with Gasteiger partial charge in [0.25, 0.3) is 0 Å². The van der Waals surface area contributed by atoms with E-state index in [2.05, 4.69) is 32.0 Å². The lowest BCUT2D eigenvalue weighted by Gasteiger charge is -2.25. The van der Waals surface area contributed by atoms with Crippen LogP contribution in [0.1, 0.15) is 5.56 Å². The molecular weight excluding hydrogens is 366 g/mol. The zero-order chi connectivity index (χ0) is 19.5. The van der Waals surface area contributed by atoms with E-state index in [1.165, 1.54) is 0 Å². The zero-order valence-electron chi connectivity index (χ0n) is 16.0. The van der Waals surface area contributed by atoms with E-state index in [1.807, 2.05) is 42.5 Å².